The normalized spacial score (nSPS) is 12.0. The number of aryl methyl sites for hydroxylation is 2. The van der Waals surface area contributed by atoms with E-state index in [1.54, 1.807) is 16.9 Å². The van der Waals surface area contributed by atoms with Gasteiger partial charge >= 0.3 is 5.71 Å². The van der Waals surface area contributed by atoms with E-state index in [2.05, 4.69) is 0 Å². The lowest BCUT2D eigenvalue weighted by molar-refractivity contribution is -0.601. The van der Waals surface area contributed by atoms with Crippen molar-refractivity contribution >= 4 is 5.71 Å². The van der Waals surface area contributed by atoms with Crippen LogP contribution < -0.4 is 4.57 Å². The van der Waals surface area contributed by atoms with Crippen LogP contribution in [-0.4, -0.2) is 4.40 Å². The van der Waals surface area contributed by atoms with Gasteiger partial charge in [-0.1, -0.05) is 18.2 Å². The van der Waals surface area contributed by atoms with E-state index in [0.29, 0.717) is 6.30 Å². The third kappa shape index (κ3) is 1.18. The van der Waals surface area contributed by atoms with E-state index in [-0.39, 0.29) is 0 Å². The Hall–Kier alpha value is -2.03. The van der Waals surface area contributed by atoms with Crippen molar-refractivity contribution in [3.63, 3.8) is 0 Å². The molecule has 2 aromatic heterocycles. The van der Waals surface area contributed by atoms with Crippen LogP contribution in [0.25, 0.3) is 11.4 Å². The summed E-state index contributed by atoms with van der Waals surface area (Å²) < 4.78 is 17.2. The lowest BCUT2D eigenvalue weighted by atomic mass is 10.2. The summed E-state index contributed by atoms with van der Waals surface area (Å²) in [7, 11) is 0. The number of benzene rings is 1. The number of para-hydroxylation sites is 1. The molecular weight excluding hydrogens is 200 g/mol. The van der Waals surface area contributed by atoms with Crippen LogP contribution in [-0.2, 0) is 0 Å². The highest BCUT2D eigenvalue weighted by Gasteiger charge is 2.18. The molecular formula is C13H13N2O+. The molecule has 0 radical (unpaired) electrons. The average Bonchev–Trinajstić information content (AvgIpc) is 2.87. The van der Waals surface area contributed by atoms with Crippen molar-refractivity contribution in [2.24, 2.45) is 0 Å². The van der Waals surface area contributed by atoms with E-state index in [4.69, 9.17) is 5.79 Å². The number of oxazole rings is 1. The second-order valence-corrected chi connectivity index (χ2v) is 3.89. The van der Waals surface area contributed by atoms with Gasteiger partial charge in [0.25, 0.3) is 6.30 Å². The summed E-state index contributed by atoms with van der Waals surface area (Å²) in [6.45, 7) is 4.00. The summed E-state index contributed by atoms with van der Waals surface area (Å²) >= 11 is 0. The molecule has 1 aromatic carbocycles. The van der Waals surface area contributed by atoms with Crippen LogP contribution >= 0.6 is 0 Å². The van der Waals surface area contributed by atoms with Gasteiger partial charge in [-0.15, -0.1) is 0 Å². The summed E-state index contributed by atoms with van der Waals surface area (Å²) in [6, 6.07) is 8.03. The topological polar surface area (TPSA) is 21.4 Å². The molecule has 0 saturated heterocycles. The number of aromatic nitrogens is 2. The minimum absolute atomic E-state index is 0.403. The number of rotatable bonds is 1. The maximum Gasteiger partial charge on any atom is 0.337 e. The van der Waals surface area contributed by atoms with Crippen LogP contribution in [0, 0.1) is 13.8 Å². The highest BCUT2D eigenvalue weighted by atomic mass is 16.3. The van der Waals surface area contributed by atoms with Crippen LogP contribution in [0.15, 0.2) is 47.4 Å². The smallest absolute Gasteiger partial charge is 0.337 e. The lowest BCUT2D eigenvalue weighted by Gasteiger charge is -2.00. The molecule has 0 bridgehead atoms. The molecule has 0 aliphatic rings. The summed E-state index contributed by atoms with van der Waals surface area (Å²) in [4.78, 5) is 0. The second kappa shape index (κ2) is 3.23. The first kappa shape index (κ1) is 8.16. The van der Waals surface area contributed by atoms with E-state index in [0.717, 1.165) is 22.7 Å². The van der Waals surface area contributed by atoms with Gasteiger partial charge < -0.3 is 4.42 Å². The third-order valence-electron chi connectivity index (χ3n) is 2.82. The molecule has 0 amide bonds. The molecule has 0 aliphatic heterocycles. The Bertz CT molecular complexity index is 662. The highest BCUT2D eigenvalue weighted by molar-refractivity contribution is 5.39. The van der Waals surface area contributed by atoms with Gasteiger partial charge in [-0.25, -0.2) is 0 Å². The molecule has 0 unspecified atom stereocenters. The molecule has 2 heterocycles. The van der Waals surface area contributed by atoms with Crippen molar-refractivity contribution in [2.45, 2.75) is 13.8 Å². The predicted octanol–water partition coefficient (Wildman–Crippen LogP) is 2.43. The Morgan fingerprint density at radius 1 is 1.31 bits per heavy atom. The Labute approximate surface area is 95.0 Å². The van der Waals surface area contributed by atoms with E-state index in [1.165, 1.54) is 0 Å². The minimum atomic E-state index is 0.403. The van der Waals surface area contributed by atoms with Crippen molar-refractivity contribution in [2.75, 3.05) is 0 Å². The van der Waals surface area contributed by atoms with Crippen molar-refractivity contribution in [3.05, 3.63) is 54.3 Å². The van der Waals surface area contributed by atoms with Gasteiger partial charge in [0.15, 0.2) is 7.06 Å². The van der Waals surface area contributed by atoms with Crippen molar-refractivity contribution in [3.8, 4) is 5.69 Å². The van der Waals surface area contributed by atoms with Gasteiger partial charge in [0, 0.05) is 6.92 Å². The molecule has 0 N–H and O–H groups in total. The van der Waals surface area contributed by atoms with Crippen LogP contribution in [0.1, 0.15) is 12.6 Å². The van der Waals surface area contributed by atoms with Gasteiger partial charge in [0.05, 0.1) is 0 Å². The maximum absolute atomic E-state index is 8.18. The average molecular weight is 214 g/mol. The van der Waals surface area contributed by atoms with Crippen molar-refractivity contribution < 1.29 is 10.4 Å². The van der Waals surface area contributed by atoms with E-state index in [1.807, 2.05) is 42.7 Å². The third-order valence-corrected chi connectivity index (χ3v) is 2.82. The maximum atomic E-state index is 8.18. The standard InChI is InChI=1S/C13H13N2O/c1-10-5-3-4-6-12(10)15-9-14-7-8-16-13(14)11(15)2/h3-9H,1-2H3/q+1/i9D. The molecule has 0 spiro atoms. The fourth-order valence-electron chi connectivity index (χ4n) is 1.95. The fourth-order valence-corrected chi connectivity index (χ4v) is 1.95. The first-order valence-electron chi connectivity index (χ1n) is 5.73. The number of hydrogen-bond donors (Lipinski definition) is 0. The predicted molar refractivity (Wildman–Crippen MR) is 60.7 cm³/mol. The zero-order chi connectivity index (χ0) is 12.0. The molecule has 3 aromatic rings. The first-order valence-corrected chi connectivity index (χ1v) is 5.23. The highest BCUT2D eigenvalue weighted by Crippen LogP contribution is 2.12. The number of nitrogens with zero attached hydrogens (tertiary/aromatic N) is 2. The van der Waals surface area contributed by atoms with Crippen LogP contribution in [0.3, 0.4) is 0 Å². The largest absolute Gasteiger partial charge is 0.424 e. The number of fused-ring (bicyclic) bond motifs is 1. The minimum Gasteiger partial charge on any atom is -0.424 e. The fraction of sp³-hybridized carbons (Fsp3) is 0.154. The van der Waals surface area contributed by atoms with Crippen LogP contribution in [0.2, 0.25) is 0 Å². The molecule has 3 heteroatoms. The van der Waals surface area contributed by atoms with Crippen LogP contribution in [0.4, 0.5) is 0 Å². The van der Waals surface area contributed by atoms with E-state index in [9.17, 15) is 0 Å². The second-order valence-electron chi connectivity index (χ2n) is 3.89. The number of hydrogen-bond acceptors (Lipinski definition) is 1. The molecule has 0 atom stereocenters. The molecule has 0 aliphatic carbocycles. The van der Waals surface area contributed by atoms with E-state index >= 15 is 0 Å². The lowest BCUT2D eigenvalue weighted by Crippen LogP contribution is -2.32. The zero-order valence-electron chi connectivity index (χ0n) is 10.3. The summed E-state index contributed by atoms with van der Waals surface area (Å²) in [5.41, 5.74) is 3.82. The summed E-state index contributed by atoms with van der Waals surface area (Å²) in [5.74, 6) is 0. The quantitative estimate of drug-likeness (QED) is 0.570. The van der Waals surface area contributed by atoms with Crippen molar-refractivity contribution in [1.82, 2.24) is 4.40 Å². The Morgan fingerprint density at radius 2 is 2.12 bits per heavy atom. The molecule has 80 valence electrons. The van der Waals surface area contributed by atoms with Crippen molar-refractivity contribution in [1.29, 1.82) is 0 Å². The van der Waals surface area contributed by atoms with Gasteiger partial charge in [0.1, 0.15) is 18.1 Å². The molecule has 16 heavy (non-hydrogen) atoms. The Kier molecular flexibility index (Phi) is 1.65. The van der Waals surface area contributed by atoms with E-state index < -0.39 is 0 Å². The molecule has 0 fully saturated rings. The zero-order valence-corrected chi connectivity index (χ0v) is 9.27. The van der Waals surface area contributed by atoms with Gasteiger partial charge in [-0.3, -0.25) is 0 Å². The van der Waals surface area contributed by atoms with Crippen LogP contribution in [0.5, 0.6) is 0 Å². The monoisotopic (exact) mass is 214 g/mol. The molecule has 3 rings (SSSR count). The Morgan fingerprint density at radius 3 is 2.88 bits per heavy atom. The van der Waals surface area contributed by atoms with Gasteiger partial charge in [-0.2, -0.15) is 8.97 Å². The molecule has 3 nitrogen and oxygen atoms in total. The summed E-state index contributed by atoms with van der Waals surface area (Å²) in [5, 5.41) is 0. The Balaban J connectivity index is 2.38. The first-order chi connectivity index (χ1) is 8.20. The summed E-state index contributed by atoms with van der Waals surface area (Å²) in [6.07, 6.45) is 3.77. The van der Waals surface area contributed by atoms with Gasteiger partial charge in [-0.05, 0) is 18.6 Å². The van der Waals surface area contributed by atoms with Gasteiger partial charge in [0.2, 0.25) is 0 Å². The SMILES string of the molecule is [2H]c1n2ccoc2c(C)[n+]1-c1ccccc1C. The molecule has 0 saturated carbocycles. The number of imidazole rings is 1.